The predicted octanol–water partition coefficient (Wildman–Crippen LogP) is 0.865. The number of fused-ring (bicyclic) bond motifs is 2. The van der Waals surface area contributed by atoms with Crippen molar-refractivity contribution in [2.75, 3.05) is 16.3 Å². The lowest BCUT2D eigenvalue weighted by Crippen LogP contribution is -2.74. The molecule has 6 amide bonds. The van der Waals surface area contributed by atoms with E-state index in [1.807, 2.05) is 10.6 Å². The highest BCUT2D eigenvalue weighted by molar-refractivity contribution is 6.43. The zero-order chi connectivity index (χ0) is 21.9. The van der Waals surface area contributed by atoms with E-state index < -0.39 is 46.5 Å². The summed E-state index contributed by atoms with van der Waals surface area (Å²) in [5.74, 6) is -3.83. The molecule has 2 atom stereocenters. The molecule has 3 heterocycles. The first kappa shape index (κ1) is 19.3. The zero-order valence-electron chi connectivity index (χ0n) is 15.9. The molecular weight excluding hydrogens is 424 g/mol. The summed E-state index contributed by atoms with van der Waals surface area (Å²) < 4.78 is 0. The van der Waals surface area contributed by atoms with Crippen LogP contribution in [0.2, 0.25) is 0 Å². The molecule has 9 nitrogen and oxygen atoms in total. The molecular formula is C21H15ClN4O5. The van der Waals surface area contributed by atoms with Crippen LogP contribution in [0.4, 0.5) is 16.2 Å². The second-order valence-corrected chi connectivity index (χ2v) is 7.87. The summed E-state index contributed by atoms with van der Waals surface area (Å²) >= 11 is 6.47. The molecule has 0 aliphatic carbocycles. The average Bonchev–Trinajstić information content (AvgIpc) is 3.01. The summed E-state index contributed by atoms with van der Waals surface area (Å²) in [5.41, 5.74) is -0.0259. The largest absolute Gasteiger partial charge is 0.328 e. The van der Waals surface area contributed by atoms with E-state index in [4.69, 9.17) is 11.6 Å². The van der Waals surface area contributed by atoms with Crippen LogP contribution in [0.15, 0.2) is 54.6 Å². The van der Waals surface area contributed by atoms with Gasteiger partial charge in [0.15, 0.2) is 5.54 Å². The van der Waals surface area contributed by atoms with Crippen LogP contribution >= 0.6 is 11.6 Å². The Morgan fingerprint density at radius 3 is 2.16 bits per heavy atom. The summed E-state index contributed by atoms with van der Waals surface area (Å²) in [7, 11) is 0. The molecule has 0 saturated carbocycles. The maximum atomic E-state index is 13.8. The number of barbiturate groups is 1. The van der Waals surface area contributed by atoms with Crippen molar-refractivity contribution in [3.8, 4) is 0 Å². The summed E-state index contributed by atoms with van der Waals surface area (Å²) in [4.78, 5) is 65.0. The Morgan fingerprint density at radius 2 is 1.48 bits per heavy atom. The summed E-state index contributed by atoms with van der Waals surface area (Å²) in [6, 6.07) is 14.6. The van der Waals surface area contributed by atoms with Crippen molar-refractivity contribution in [1.82, 2.24) is 10.6 Å². The maximum absolute atomic E-state index is 13.8. The summed E-state index contributed by atoms with van der Waals surface area (Å²) in [5, 5.41) is 2.92. The van der Waals surface area contributed by atoms with E-state index in [0.717, 1.165) is 0 Å². The minimum Gasteiger partial charge on any atom is -0.308 e. The number of para-hydroxylation sites is 2. The van der Waals surface area contributed by atoms with Gasteiger partial charge in [-0.25, -0.2) is 4.79 Å². The molecule has 2 aromatic rings. The molecule has 2 N–H and O–H groups in total. The highest BCUT2D eigenvalue weighted by atomic mass is 35.5. The fourth-order valence-corrected chi connectivity index (χ4v) is 4.83. The number of nitrogens with one attached hydrogen (secondary N) is 2. The highest BCUT2D eigenvalue weighted by Gasteiger charge is 2.70. The van der Waals surface area contributed by atoms with Crippen LogP contribution in [0.3, 0.4) is 0 Å². The molecule has 31 heavy (non-hydrogen) atoms. The van der Waals surface area contributed by atoms with E-state index >= 15 is 0 Å². The molecule has 2 fully saturated rings. The quantitative estimate of drug-likeness (QED) is 0.419. The van der Waals surface area contributed by atoms with Crippen LogP contribution in [0.25, 0.3) is 0 Å². The molecule has 0 bridgehead atoms. The fourth-order valence-electron chi connectivity index (χ4n) is 4.42. The lowest BCUT2D eigenvalue weighted by Gasteiger charge is -2.51. The van der Waals surface area contributed by atoms with Gasteiger partial charge in [0.05, 0.1) is 0 Å². The smallest absolute Gasteiger partial charge is 0.308 e. The van der Waals surface area contributed by atoms with Crippen molar-refractivity contribution >= 4 is 52.6 Å². The van der Waals surface area contributed by atoms with Gasteiger partial charge in [-0.1, -0.05) is 36.4 Å². The molecule has 3 aliphatic heterocycles. The van der Waals surface area contributed by atoms with Crippen molar-refractivity contribution in [1.29, 1.82) is 0 Å². The number of hydrogen-bond acceptors (Lipinski definition) is 5. The lowest BCUT2D eigenvalue weighted by molar-refractivity contribution is -0.138. The summed E-state index contributed by atoms with van der Waals surface area (Å²) in [6.45, 7) is -0.303. The number of β-lactam (4-membered cyclic amide) rings is 1. The molecule has 3 aliphatic rings. The number of anilines is 2. The number of hydrogen-bond donors (Lipinski definition) is 2. The number of imide groups is 2. The number of rotatable bonds is 3. The van der Waals surface area contributed by atoms with E-state index in [2.05, 4.69) is 0 Å². The van der Waals surface area contributed by atoms with Gasteiger partial charge in [0.1, 0.15) is 11.3 Å². The lowest BCUT2D eigenvalue weighted by atomic mass is 9.77. The fraction of sp³-hybridized carbons (Fsp3) is 0.190. The van der Waals surface area contributed by atoms with Gasteiger partial charge >= 0.3 is 6.03 Å². The van der Waals surface area contributed by atoms with Crippen molar-refractivity contribution in [2.45, 2.75) is 10.9 Å². The first-order valence-corrected chi connectivity index (χ1v) is 9.91. The van der Waals surface area contributed by atoms with Gasteiger partial charge in [-0.3, -0.25) is 34.7 Å². The van der Waals surface area contributed by atoms with E-state index in [9.17, 15) is 24.0 Å². The second-order valence-electron chi connectivity index (χ2n) is 7.43. The van der Waals surface area contributed by atoms with Gasteiger partial charge in [0.25, 0.3) is 5.91 Å². The molecule has 156 valence electrons. The summed E-state index contributed by atoms with van der Waals surface area (Å²) in [6.07, 6.45) is 0. The number of amides is 6. The van der Waals surface area contributed by atoms with E-state index in [1.54, 1.807) is 54.6 Å². The number of carbonyl (C=O) groups is 5. The third-order valence-corrected chi connectivity index (χ3v) is 6.32. The van der Waals surface area contributed by atoms with E-state index in [0.29, 0.717) is 16.9 Å². The predicted molar refractivity (Wildman–Crippen MR) is 109 cm³/mol. The monoisotopic (exact) mass is 438 g/mol. The van der Waals surface area contributed by atoms with Crippen molar-refractivity contribution in [3.05, 3.63) is 60.2 Å². The number of halogens is 1. The first-order valence-electron chi connectivity index (χ1n) is 9.47. The Labute approximate surface area is 180 Å². The number of benzene rings is 2. The normalized spacial score (nSPS) is 25.5. The molecule has 1 spiro atoms. The Kier molecular flexibility index (Phi) is 4.13. The Balaban J connectivity index is 1.59. The number of nitrogens with zero attached hydrogens (tertiary/aromatic N) is 2. The molecule has 2 saturated heterocycles. The van der Waals surface area contributed by atoms with Crippen LogP contribution in [0.5, 0.6) is 0 Å². The van der Waals surface area contributed by atoms with Crippen LogP contribution < -0.4 is 20.4 Å². The van der Waals surface area contributed by atoms with Crippen LogP contribution in [-0.2, 0) is 24.7 Å². The standard InChI is InChI=1S/C21H15ClN4O5/c22-15-18(29)26(11-6-2-1-3-7-11)21(15)13-8-4-5-9-14(13)25(19(21)30)10-12-16(27)23-20(31)24-17(12)28/h1-9,12,15H,10H2,(H2,23,24,27,28,31)/t15-,21?/m1/s1. The topological polar surface area (TPSA) is 116 Å². The van der Waals surface area contributed by atoms with Gasteiger partial charge < -0.3 is 4.90 Å². The van der Waals surface area contributed by atoms with Gasteiger partial charge in [-0.05, 0) is 18.2 Å². The van der Waals surface area contributed by atoms with Gasteiger partial charge in [0.2, 0.25) is 17.7 Å². The minimum atomic E-state index is -1.49. The van der Waals surface area contributed by atoms with Crippen molar-refractivity contribution in [3.63, 3.8) is 0 Å². The number of urea groups is 1. The van der Waals surface area contributed by atoms with Crippen molar-refractivity contribution in [2.24, 2.45) is 5.92 Å². The van der Waals surface area contributed by atoms with Gasteiger partial charge in [-0.15, -0.1) is 11.6 Å². The Hall–Kier alpha value is -3.72. The molecule has 0 radical (unpaired) electrons. The molecule has 10 heteroatoms. The highest BCUT2D eigenvalue weighted by Crippen LogP contribution is 2.55. The van der Waals surface area contributed by atoms with Gasteiger partial charge in [0, 0.05) is 23.5 Å². The van der Waals surface area contributed by atoms with Crippen LogP contribution in [0, 0.1) is 5.92 Å². The van der Waals surface area contributed by atoms with Crippen LogP contribution in [0.1, 0.15) is 5.56 Å². The third-order valence-electron chi connectivity index (χ3n) is 5.82. The number of alkyl halides is 1. The second kappa shape index (κ2) is 6.64. The maximum Gasteiger partial charge on any atom is 0.328 e. The molecule has 1 unspecified atom stereocenters. The molecule has 2 aromatic carbocycles. The van der Waals surface area contributed by atoms with E-state index in [1.165, 1.54) is 9.80 Å². The Morgan fingerprint density at radius 1 is 0.871 bits per heavy atom. The third kappa shape index (κ3) is 2.46. The van der Waals surface area contributed by atoms with Crippen molar-refractivity contribution < 1.29 is 24.0 Å². The van der Waals surface area contributed by atoms with E-state index in [-0.39, 0.29) is 6.54 Å². The number of carbonyl (C=O) groups excluding carboxylic acids is 5. The molecule has 5 rings (SSSR count). The van der Waals surface area contributed by atoms with Crippen LogP contribution in [-0.4, -0.2) is 41.6 Å². The Bertz CT molecular complexity index is 1150. The SMILES string of the molecule is O=C1NC(=O)C(CN2C(=O)C3(c4ccccc42)[C@H](Cl)C(=O)N3c2ccccc2)C(=O)N1. The first-order chi connectivity index (χ1) is 14.9. The van der Waals surface area contributed by atoms with Gasteiger partial charge in [-0.2, -0.15) is 0 Å². The minimum absolute atomic E-state index is 0.303. The zero-order valence-corrected chi connectivity index (χ0v) is 16.6. The molecule has 0 aromatic heterocycles. The average molecular weight is 439 g/mol.